The Morgan fingerprint density at radius 1 is 0.706 bits per heavy atom. The van der Waals surface area contributed by atoms with E-state index in [2.05, 4.69) is 0 Å². The molecule has 0 amide bonds. The van der Waals surface area contributed by atoms with Crippen LogP contribution in [0.25, 0.3) is 0 Å². The van der Waals surface area contributed by atoms with Crippen LogP contribution in [0.1, 0.15) is 50.7 Å². The Labute approximate surface area is 197 Å². The van der Waals surface area contributed by atoms with Crippen molar-refractivity contribution in [3.63, 3.8) is 0 Å². The minimum absolute atomic E-state index is 0.112. The molecule has 0 radical (unpaired) electrons. The second-order valence-electron chi connectivity index (χ2n) is 8.50. The van der Waals surface area contributed by atoms with Crippen LogP contribution in [0, 0.1) is 0 Å². The molecule has 5 rings (SSSR count). The Balaban J connectivity index is 1.63. The molecule has 0 aliphatic carbocycles. The number of phenols is 3. The Morgan fingerprint density at radius 3 is 1.88 bits per heavy atom. The fourth-order valence-corrected chi connectivity index (χ4v) is 4.47. The SMILES string of the molecule is O=C1C[C@@H](c2ccccc2)Oc2c(Cc3ccccc3O)cc(Cc3ccccc3O)c(O)c21. The number of rotatable bonds is 5. The van der Waals surface area contributed by atoms with Gasteiger partial charge in [-0.05, 0) is 46.0 Å². The highest BCUT2D eigenvalue weighted by atomic mass is 16.5. The summed E-state index contributed by atoms with van der Waals surface area (Å²) in [5.74, 6) is 0.273. The highest BCUT2D eigenvalue weighted by Gasteiger charge is 2.33. The molecule has 0 fully saturated rings. The Bertz CT molecular complexity index is 1360. The third-order valence-corrected chi connectivity index (χ3v) is 6.23. The smallest absolute Gasteiger partial charge is 0.174 e. The van der Waals surface area contributed by atoms with Crippen LogP contribution in [0.2, 0.25) is 0 Å². The maximum Gasteiger partial charge on any atom is 0.174 e. The third-order valence-electron chi connectivity index (χ3n) is 6.23. The van der Waals surface area contributed by atoms with Gasteiger partial charge in [0.2, 0.25) is 0 Å². The van der Waals surface area contributed by atoms with Crippen LogP contribution in [-0.4, -0.2) is 21.1 Å². The molecule has 34 heavy (non-hydrogen) atoms. The monoisotopic (exact) mass is 452 g/mol. The second kappa shape index (κ2) is 8.94. The summed E-state index contributed by atoms with van der Waals surface area (Å²) in [5.41, 5.74) is 3.56. The van der Waals surface area contributed by atoms with Gasteiger partial charge < -0.3 is 20.1 Å². The number of hydrogen-bond donors (Lipinski definition) is 3. The molecule has 1 heterocycles. The van der Waals surface area contributed by atoms with Crippen molar-refractivity contribution < 1.29 is 24.9 Å². The number of fused-ring (bicyclic) bond motifs is 1. The van der Waals surface area contributed by atoms with E-state index in [0.717, 1.165) is 5.56 Å². The lowest BCUT2D eigenvalue weighted by atomic mass is 9.88. The van der Waals surface area contributed by atoms with Crippen LogP contribution in [0.5, 0.6) is 23.0 Å². The number of Topliss-reactive ketones (excluding diaryl/α,β-unsaturated/α-hetero) is 1. The molecule has 4 aromatic rings. The van der Waals surface area contributed by atoms with E-state index in [0.29, 0.717) is 34.4 Å². The predicted octanol–water partition coefficient (Wildman–Crippen LogP) is 5.69. The van der Waals surface area contributed by atoms with Crippen molar-refractivity contribution in [2.75, 3.05) is 0 Å². The van der Waals surface area contributed by atoms with Crippen LogP contribution < -0.4 is 4.74 Å². The number of aromatic hydroxyl groups is 3. The van der Waals surface area contributed by atoms with Gasteiger partial charge in [-0.1, -0.05) is 66.7 Å². The molecule has 0 saturated carbocycles. The first kappa shape index (κ1) is 21.6. The molecule has 1 atom stereocenters. The summed E-state index contributed by atoms with van der Waals surface area (Å²) in [4.78, 5) is 13.3. The van der Waals surface area contributed by atoms with Crippen molar-refractivity contribution in [3.8, 4) is 23.0 Å². The van der Waals surface area contributed by atoms with Gasteiger partial charge in [0.15, 0.2) is 5.78 Å². The van der Waals surface area contributed by atoms with E-state index < -0.39 is 6.10 Å². The van der Waals surface area contributed by atoms with Gasteiger partial charge >= 0.3 is 0 Å². The number of carbonyl (C=O) groups is 1. The minimum atomic E-state index is -0.465. The second-order valence-corrected chi connectivity index (χ2v) is 8.50. The molecule has 1 aliphatic rings. The van der Waals surface area contributed by atoms with Crippen molar-refractivity contribution in [2.45, 2.75) is 25.4 Å². The molecular formula is C29H24O5. The van der Waals surface area contributed by atoms with Crippen LogP contribution in [0.4, 0.5) is 0 Å². The summed E-state index contributed by atoms with van der Waals surface area (Å²) in [5, 5.41) is 31.7. The summed E-state index contributed by atoms with van der Waals surface area (Å²) in [6, 6.07) is 25.3. The Morgan fingerprint density at radius 2 is 1.26 bits per heavy atom. The fourth-order valence-electron chi connectivity index (χ4n) is 4.47. The minimum Gasteiger partial charge on any atom is -0.508 e. The summed E-state index contributed by atoms with van der Waals surface area (Å²) in [7, 11) is 0. The molecule has 1 aliphatic heterocycles. The summed E-state index contributed by atoms with van der Waals surface area (Å²) < 4.78 is 6.33. The van der Waals surface area contributed by atoms with Gasteiger partial charge in [0.25, 0.3) is 0 Å². The topological polar surface area (TPSA) is 87.0 Å². The highest BCUT2D eigenvalue weighted by Crippen LogP contribution is 2.45. The van der Waals surface area contributed by atoms with E-state index >= 15 is 0 Å². The quantitative estimate of drug-likeness (QED) is 0.362. The van der Waals surface area contributed by atoms with E-state index in [4.69, 9.17) is 4.74 Å². The Hall–Kier alpha value is -4.25. The maximum atomic E-state index is 13.3. The molecule has 0 saturated heterocycles. The first-order chi connectivity index (χ1) is 16.5. The van der Waals surface area contributed by atoms with Crippen molar-refractivity contribution in [2.24, 2.45) is 0 Å². The van der Waals surface area contributed by atoms with Gasteiger partial charge in [0, 0.05) is 12.8 Å². The van der Waals surface area contributed by atoms with Gasteiger partial charge in [-0.3, -0.25) is 4.79 Å². The van der Waals surface area contributed by atoms with E-state index in [1.165, 1.54) is 0 Å². The zero-order chi connectivity index (χ0) is 23.7. The number of ether oxygens (including phenoxy) is 1. The standard InChI is InChI=1S/C29H24O5/c30-23-12-6-4-10-19(23)14-21-16-22(15-20-11-5-7-13-24(20)31)29-27(28(21)33)25(32)17-26(34-29)18-8-2-1-3-9-18/h1-13,16,26,30-31,33H,14-15,17H2/t26-/m0/s1. The first-order valence-electron chi connectivity index (χ1n) is 11.2. The fraction of sp³-hybridized carbons (Fsp3) is 0.138. The average molecular weight is 453 g/mol. The number of para-hydroxylation sites is 2. The molecule has 5 heteroatoms. The number of ketones is 1. The molecule has 0 aromatic heterocycles. The Kier molecular flexibility index (Phi) is 5.68. The number of hydrogen-bond acceptors (Lipinski definition) is 5. The molecule has 0 bridgehead atoms. The van der Waals surface area contributed by atoms with Gasteiger partial charge in [-0.2, -0.15) is 0 Å². The van der Waals surface area contributed by atoms with Crippen molar-refractivity contribution in [1.29, 1.82) is 0 Å². The molecule has 5 nitrogen and oxygen atoms in total. The van der Waals surface area contributed by atoms with Gasteiger partial charge in [0.05, 0.1) is 6.42 Å². The van der Waals surface area contributed by atoms with Crippen LogP contribution in [0.15, 0.2) is 84.9 Å². The molecule has 0 spiro atoms. The normalized spacial score (nSPS) is 14.9. The van der Waals surface area contributed by atoms with Gasteiger partial charge in [0.1, 0.15) is 34.7 Å². The zero-order valence-electron chi connectivity index (χ0n) is 18.4. The highest BCUT2D eigenvalue weighted by molar-refractivity contribution is 6.03. The third kappa shape index (κ3) is 4.08. The number of benzene rings is 4. The van der Waals surface area contributed by atoms with E-state index in [1.54, 1.807) is 36.4 Å². The van der Waals surface area contributed by atoms with Crippen LogP contribution >= 0.6 is 0 Å². The van der Waals surface area contributed by atoms with Crippen molar-refractivity contribution in [3.05, 3.63) is 118 Å². The van der Waals surface area contributed by atoms with Gasteiger partial charge in [-0.25, -0.2) is 0 Å². The summed E-state index contributed by atoms with van der Waals surface area (Å²) in [6.45, 7) is 0. The lowest BCUT2D eigenvalue weighted by Crippen LogP contribution is -2.22. The van der Waals surface area contributed by atoms with Crippen LogP contribution in [-0.2, 0) is 12.8 Å². The lowest BCUT2D eigenvalue weighted by molar-refractivity contribution is 0.0843. The molecular weight excluding hydrogens is 428 g/mol. The molecule has 3 N–H and O–H groups in total. The molecule has 4 aromatic carbocycles. The van der Waals surface area contributed by atoms with Crippen molar-refractivity contribution in [1.82, 2.24) is 0 Å². The first-order valence-corrected chi connectivity index (χ1v) is 11.2. The molecule has 170 valence electrons. The maximum absolute atomic E-state index is 13.3. The number of carbonyl (C=O) groups excluding carboxylic acids is 1. The van der Waals surface area contributed by atoms with E-state index in [-0.39, 0.29) is 41.4 Å². The largest absolute Gasteiger partial charge is 0.508 e. The summed E-state index contributed by atoms with van der Waals surface area (Å²) >= 11 is 0. The predicted molar refractivity (Wildman–Crippen MR) is 129 cm³/mol. The van der Waals surface area contributed by atoms with Crippen LogP contribution in [0.3, 0.4) is 0 Å². The zero-order valence-corrected chi connectivity index (χ0v) is 18.4. The van der Waals surface area contributed by atoms with E-state index in [1.807, 2.05) is 48.5 Å². The van der Waals surface area contributed by atoms with Gasteiger partial charge in [-0.15, -0.1) is 0 Å². The molecule has 0 unspecified atom stereocenters. The average Bonchev–Trinajstić information content (AvgIpc) is 2.85. The van der Waals surface area contributed by atoms with E-state index in [9.17, 15) is 20.1 Å². The lowest BCUT2D eigenvalue weighted by Gasteiger charge is -2.29. The van der Waals surface area contributed by atoms with Crippen molar-refractivity contribution >= 4 is 5.78 Å². The summed E-state index contributed by atoms with van der Waals surface area (Å²) in [6.07, 6.45) is 0.209. The number of phenolic OH excluding ortho intramolecular Hbond substituents is 3.